The van der Waals surface area contributed by atoms with Crippen LogP contribution in [-0.2, 0) is 22.6 Å². The molecule has 6 heteroatoms. The normalized spacial score (nSPS) is 10.1. The highest BCUT2D eigenvalue weighted by Gasteiger charge is 2.12. The van der Waals surface area contributed by atoms with Gasteiger partial charge in [0.25, 0.3) is 0 Å². The fourth-order valence-electron chi connectivity index (χ4n) is 1.73. The fourth-order valence-corrected chi connectivity index (χ4v) is 1.94. The molecule has 0 saturated heterocycles. The maximum atomic E-state index is 11.6. The van der Waals surface area contributed by atoms with Crippen molar-refractivity contribution in [2.75, 3.05) is 6.54 Å². The molecule has 0 aliphatic heterocycles. The zero-order valence-corrected chi connectivity index (χ0v) is 12.0. The molecule has 0 radical (unpaired) electrons. The molecule has 1 heterocycles. The van der Waals surface area contributed by atoms with E-state index in [0.29, 0.717) is 18.0 Å². The lowest BCUT2D eigenvalue weighted by Gasteiger charge is -2.07. The maximum Gasteiger partial charge on any atom is 0.309 e. The van der Waals surface area contributed by atoms with Crippen molar-refractivity contribution in [2.45, 2.75) is 13.0 Å². The van der Waals surface area contributed by atoms with Crippen LogP contribution in [0, 0.1) is 0 Å². The predicted molar refractivity (Wildman–Crippen MR) is 78.7 cm³/mol. The Morgan fingerprint density at radius 2 is 1.86 bits per heavy atom. The smallest absolute Gasteiger partial charge is 0.309 e. The third kappa shape index (κ3) is 4.65. The first-order valence-electron chi connectivity index (χ1n) is 6.47. The minimum atomic E-state index is -0.679. The van der Waals surface area contributed by atoms with Gasteiger partial charge in [0, 0.05) is 18.1 Å². The zero-order valence-electron chi connectivity index (χ0n) is 11.3. The Bertz CT molecular complexity index is 611. The lowest BCUT2D eigenvalue weighted by Crippen LogP contribution is -2.40. The van der Waals surface area contributed by atoms with Gasteiger partial charge in [0.1, 0.15) is 0 Å². The topological polar surface area (TPSA) is 71.3 Å². The van der Waals surface area contributed by atoms with Gasteiger partial charge in [-0.15, -0.1) is 0 Å². The highest BCUT2D eigenvalue weighted by molar-refractivity contribution is 6.35. The van der Waals surface area contributed by atoms with Gasteiger partial charge in [0.05, 0.1) is 12.5 Å². The number of hydrogen-bond donors (Lipinski definition) is 2. The molecule has 0 saturated carbocycles. The largest absolute Gasteiger partial charge is 0.472 e. The first-order valence-corrected chi connectivity index (χ1v) is 6.85. The second-order valence-corrected chi connectivity index (χ2v) is 4.82. The first kappa shape index (κ1) is 15.1. The van der Waals surface area contributed by atoms with Gasteiger partial charge in [0.2, 0.25) is 0 Å². The van der Waals surface area contributed by atoms with Crippen molar-refractivity contribution in [1.29, 1.82) is 0 Å². The summed E-state index contributed by atoms with van der Waals surface area (Å²) in [6.45, 7) is 0.589. The van der Waals surface area contributed by atoms with Gasteiger partial charge < -0.3 is 15.1 Å². The Morgan fingerprint density at radius 3 is 2.57 bits per heavy atom. The number of amides is 2. The molecule has 2 aromatic rings. The summed E-state index contributed by atoms with van der Waals surface area (Å²) in [6, 6.07) is 8.95. The van der Waals surface area contributed by atoms with Crippen molar-refractivity contribution < 1.29 is 14.0 Å². The SMILES string of the molecule is O=C(NCCc1ccoc1)C(=O)NCc1ccccc1Cl. The summed E-state index contributed by atoms with van der Waals surface area (Å²) in [4.78, 5) is 23.2. The van der Waals surface area contributed by atoms with E-state index in [4.69, 9.17) is 16.0 Å². The molecule has 0 bridgehead atoms. The van der Waals surface area contributed by atoms with E-state index in [2.05, 4.69) is 10.6 Å². The molecule has 0 fully saturated rings. The van der Waals surface area contributed by atoms with Crippen LogP contribution >= 0.6 is 11.6 Å². The van der Waals surface area contributed by atoms with Crippen LogP contribution in [0.4, 0.5) is 0 Å². The van der Waals surface area contributed by atoms with Crippen molar-refractivity contribution in [1.82, 2.24) is 10.6 Å². The zero-order chi connectivity index (χ0) is 15.1. The van der Waals surface area contributed by atoms with Crippen LogP contribution in [0.3, 0.4) is 0 Å². The van der Waals surface area contributed by atoms with Crippen molar-refractivity contribution in [2.24, 2.45) is 0 Å². The number of nitrogens with one attached hydrogen (secondary N) is 2. The molecule has 0 spiro atoms. The molecule has 0 aliphatic carbocycles. The molecule has 2 amide bonds. The number of carbonyl (C=O) groups excluding carboxylic acids is 2. The van der Waals surface area contributed by atoms with Crippen molar-refractivity contribution in [3.63, 3.8) is 0 Å². The predicted octanol–water partition coefficient (Wildman–Crippen LogP) is 1.91. The molecule has 21 heavy (non-hydrogen) atoms. The molecule has 110 valence electrons. The summed E-state index contributed by atoms with van der Waals surface area (Å²) >= 11 is 5.97. The van der Waals surface area contributed by atoms with Gasteiger partial charge >= 0.3 is 11.8 Å². The number of furan rings is 1. The average Bonchev–Trinajstić information content (AvgIpc) is 2.99. The molecule has 2 N–H and O–H groups in total. The third-order valence-electron chi connectivity index (χ3n) is 2.88. The summed E-state index contributed by atoms with van der Waals surface area (Å²) in [5.41, 5.74) is 1.73. The van der Waals surface area contributed by atoms with E-state index >= 15 is 0 Å². The summed E-state index contributed by atoms with van der Waals surface area (Å²) in [7, 11) is 0. The first-order chi connectivity index (χ1) is 10.2. The van der Waals surface area contributed by atoms with Gasteiger partial charge in [-0.05, 0) is 29.7 Å². The van der Waals surface area contributed by atoms with E-state index in [0.717, 1.165) is 11.1 Å². The van der Waals surface area contributed by atoms with Crippen LogP contribution in [0.1, 0.15) is 11.1 Å². The van der Waals surface area contributed by atoms with Crippen molar-refractivity contribution in [3.05, 3.63) is 59.0 Å². The Labute approximate surface area is 127 Å². The summed E-state index contributed by atoms with van der Waals surface area (Å²) in [6.07, 6.45) is 3.77. The lowest BCUT2D eigenvalue weighted by molar-refractivity contribution is -0.139. The van der Waals surface area contributed by atoms with Crippen molar-refractivity contribution in [3.8, 4) is 0 Å². The van der Waals surface area contributed by atoms with Crippen LogP contribution in [0.5, 0.6) is 0 Å². The molecular formula is C15H15ClN2O3. The standard InChI is InChI=1S/C15H15ClN2O3/c16-13-4-2-1-3-12(13)9-18-15(20)14(19)17-7-5-11-6-8-21-10-11/h1-4,6,8,10H,5,7,9H2,(H,17,19)(H,18,20). The van der Waals surface area contributed by atoms with E-state index < -0.39 is 11.8 Å². The number of rotatable bonds is 5. The molecule has 0 unspecified atom stereocenters. The van der Waals surface area contributed by atoms with Gasteiger partial charge in [-0.2, -0.15) is 0 Å². The third-order valence-corrected chi connectivity index (χ3v) is 3.25. The van der Waals surface area contributed by atoms with E-state index in [9.17, 15) is 9.59 Å². The number of benzene rings is 1. The minimum Gasteiger partial charge on any atom is -0.472 e. The van der Waals surface area contributed by atoms with Crippen LogP contribution in [0.2, 0.25) is 5.02 Å². The molecule has 1 aromatic carbocycles. The Kier molecular flexibility index (Phi) is 5.40. The quantitative estimate of drug-likeness (QED) is 0.829. The maximum absolute atomic E-state index is 11.6. The van der Waals surface area contributed by atoms with E-state index in [1.165, 1.54) is 0 Å². The number of hydrogen-bond acceptors (Lipinski definition) is 3. The van der Waals surface area contributed by atoms with E-state index in [-0.39, 0.29) is 6.54 Å². The Hall–Kier alpha value is -2.27. The number of halogens is 1. The van der Waals surface area contributed by atoms with E-state index in [1.54, 1.807) is 30.7 Å². The molecular weight excluding hydrogens is 292 g/mol. The fraction of sp³-hybridized carbons (Fsp3) is 0.200. The van der Waals surface area contributed by atoms with Gasteiger partial charge in [-0.1, -0.05) is 29.8 Å². The van der Waals surface area contributed by atoms with Crippen LogP contribution in [0.25, 0.3) is 0 Å². The van der Waals surface area contributed by atoms with Gasteiger partial charge in [0.15, 0.2) is 0 Å². The molecule has 0 atom stereocenters. The van der Waals surface area contributed by atoms with Gasteiger partial charge in [-0.25, -0.2) is 0 Å². The van der Waals surface area contributed by atoms with Crippen LogP contribution in [0.15, 0.2) is 47.3 Å². The second-order valence-electron chi connectivity index (χ2n) is 4.41. The summed E-state index contributed by atoms with van der Waals surface area (Å²) in [5, 5.41) is 5.63. The average molecular weight is 307 g/mol. The summed E-state index contributed by atoms with van der Waals surface area (Å²) in [5.74, 6) is -1.34. The highest BCUT2D eigenvalue weighted by atomic mass is 35.5. The second kappa shape index (κ2) is 7.50. The minimum absolute atomic E-state index is 0.216. The lowest BCUT2D eigenvalue weighted by atomic mass is 10.2. The monoisotopic (exact) mass is 306 g/mol. The Morgan fingerprint density at radius 1 is 1.10 bits per heavy atom. The van der Waals surface area contributed by atoms with Gasteiger partial charge in [-0.3, -0.25) is 9.59 Å². The van der Waals surface area contributed by atoms with E-state index in [1.807, 2.05) is 12.1 Å². The highest BCUT2D eigenvalue weighted by Crippen LogP contribution is 2.14. The van der Waals surface area contributed by atoms with Crippen molar-refractivity contribution >= 4 is 23.4 Å². The van der Waals surface area contributed by atoms with Crippen LogP contribution in [-0.4, -0.2) is 18.4 Å². The molecule has 0 aliphatic rings. The van der Waals surface area contributed by atoms with Crippen LogP contribution < -0.4 is 10.6 Å². The molecule has 1 aromatic heterocycles. The number of carbonyl (C=O) groups is 2. The molecule has 2 rings (SSSR count). The summed E-state index contributed by atoms with van der Waals surface area (Å²) < 4.78 is 4.91. The Balaban J connectivity index is 1.72. The molecule has 5 nitrogen and oxygen atoms in total.